The summed E-state index contributed by atoms with van der Waals surface area (Å²) in [5.41, 5.74) is 0.685. The van der Waals surface area contributed by atoms with E-state index < -0.39 is 21.7 Å². The van der Waals surface area contributed by atoms with Crippen LogP contribution in [0.15, 0.2) is 66.0 Å². The van der Waals surface area contributed by atoms with E-state index in [0.717, 1.165) is 41.1 Å². The first kappa shape index (κ1) is 29.4. The minimum Gasteiger partial charge on any atom is -0.367 e. The molecular formula is C30H25ClF2N8O2S. The van der Waals surface area contributed by atoms with E-state index >= 15 is 8.78 Å². The maximum Gasteiger partial charge on any atom is 0.268 e. The fourth-order valence-electron chi connectivity index (χ4n) is 5.40. The lowest BCUT2D eigenvalue weighted by Crippen LogP contribution is -2.35. The van der Waals surface area contributed by atoms with Crippen LogP contribution in [-0.2, 0) is 10.0 Å². The number of fused-ring (bicyclic) bond motifs is 1. The summed E-state index contributed by atoms with van der Waals surface area (Å²) < 4.78 is 58.6. The first-order valence-electron chi connectivity index (χ1n) is 13.7. The lowest BCUT2D eigenvalue weighted by molar-refractivity contribution is 0.424. The van der Waals surface area contributed by atoms with E-state index in [1.54, 1.807) is 24.4 Å². The van der Waals surface area contributed by atoms with Crippen LogP contribution in [-0.4, -0.2) is 44.4 Å². The number of hydrogen-bond acceptors (Lipinski definition) is 9. The van der Waals surface area contributed by atoms with Crippen molar-refractivity contribution in [3.63, 3.8) is 0 Å². The van der Waals surface area contributed by atoms with Crippen molar-refractivity contribution in [2.75, 3.05) is 10.6 Å². The van der Waals surface area contributed by atoms with Crippen LogP contribution in [0.4, 0.5) is 20.4 Å². The van der Waals surface area contributed by atoms with E-state index in [0.29, 0.717) is 12.2 Å². The molecule has 0 spiro atoms. The highest BCUT2D eigenvalue weighted by atomic mass is 35.5. The zero-order valence-electron chi connectivity index (χ0n) is 23.3. The van der Waals surface area contributed by atoms with Gasteiger partial charge in [-0.15, -0.1) is 0 Å². The topological polar surface area (TPSA) is 138 Å². The average Bonchev–Trinajstić information content (AvgIpc) is 3.40. The van der Waals surface area contributed by atoms with Crippen molar-refractivity contribution in [2.24, 2.45) is 0 Å². The second-order valence-electron chi connectivity index (χ2n) is 10.6. The summed E-state index contributed by atoms with van der Waals surface area (Å²) in [4.78, 5) is 16.5. The van der Waals surface area contributed by atoms with Gasteiger partial charge >= 0.3 is 0 Å². The summed E-state index contributed by atoms with van der Waals surface area (Å²) in [6, 6.07) is 12.0. The quantitative estimate of drug-likeness (QED) is 0.204. The molecule has 0 radical (unpaired) electrons. The molecular weight excluding hydrogens is 610 g/mol. The number of nitriles is 1. The van der Waals surface area contributed by atoms with Gasteiger partial charge in [0.2, 0.25) is 5.28 Å². The molecule has 0 bridgehead atoms. The Bertz CT molecular complexity index is 2030. The Kier molecular flexibility index (Phi) is 7.87. The van der Waals surface area contributed by atoms with Crippen molar-refractivity contribution in [3.05, 3.63) is 89.1 Å². The zero-order valence-corrected chi connectivity index (χ0v) is 24.9. The fraction of sp³-hybridized carbons (Fsp3) is 0.233. The average molecular weight is 635 g/mol. The molecule has 2 atom stereocenters. The first-order valence-corrected chi connectivity index (χ1v) is 15.6. The highest BCUT2D eigenvalue weighted by molar-refractivity contribution is 7.90. The number of anilines is 2. The van der Waals surface area contributed by atoms with Crippen molar-refractivity contribution in [3.8, 4) is 17.5 Å². The monoisotopic (exact) mass is 634 g/mol. The van der Waals surface area contributed by atoms with E-state index in [9.17, 15) is 13.7 Å². The molecule has 0 unspecified atom stereocenters. The number of halogens is 3. The van der Waals surface area contributed by atoms with E-state index in [2.05, 4.69) is 30.6 Å². The number of nitrogens with zero attached hydrogens (tertiary/aromatic N) is 6. The van der Waals surface area contributed by atoms with Gasteiger partial charge in [0.15, 0.2) is 17.5 Å². The van der Waals surface area contributed by atoms with Crippen molar-refractivity contribution in [1.82, 2.24) is 23.9 Å². The molecule has 3 heterocycles. The van der Waals surface area contributed by atoms with Crippen molar-refractivity contribution < 1.29 is 17.2 Å². The summed E-state index contributed by atoms with van der Waals surface area (Å²) >= 11 is 5.90. The number of aryl methyl sites for hydroxylation is 1. The van der Waals surface area contributed by atoms with Crippen LogP contribution < -0.4 is 10.6 Å². The SMILES string of the molecule is Cc1ccc(S(=O)(=O)n2cc(-c3ncc(F)c(N[C@@H]4CCC[C@H](Nc5ccnc(Cl)n5)C4)n3)c3cc(C#N)cc(F)c32)cc1. The third-order valence-corrected chi connectivity index (χ3v) is 9.36. The standard InChI is InChI=1S/C30H25ClF2N8O2S/c1-17-5-7-21(8-6-17)44(42,43)41-16-23(22-11-18(14-34)12-24(32)27(22)41)28-36-15-25(33)29(40-28)38-20-4-2-3-19(13-20)37-26-9-10-35-30(31)39-26/h5-12,15-16,19-20H,2-4,13H2,1H3,(H,35,37,39)(H,36,38,40)/t19-,20+/m0/s1. The van der Waals surface area contributed by atoms with Crippen LogP contribution in [0.1, 0.15) is 36.8 Å². The number of hydrogen-bond donors (Lipinski definition) is 2. The lowest BCUT2D eigenvalue weighted by atomic mass is 9.91. The maximum absolute atomic E-state index is 15.4. The van der Waals surface area contributed by atoms with Crippen molar-refractivity contribution >= 4 is 44.2 Å². The molecule has 1 saturated carbocycles. The van der Waals surface area contributed by atoms with E-state index in [-0.39, 0.29) is 55.9 Å². The van der Waals surface area contributed by atoms with Gasteiger partial charge in [0.25, 0.3) is 10.0 Å². The number of nitrogens with one attached hydrogen (secondary N) is 2. The minimum absolute atomic E-state index is 0.0204. The highest BCUT2D eigenvalue weighted by Gasteiger charge is 2.27. The molecule has 0 amide bonds. The predicted molar refractivity (Wildman–Crippen MR) is 162 cm³/mol. The number of rotatable bonds is 7. The number of aromatic nitrogens is 5. The highest BCUT2D eigenvalue weighted by Crippen LogP contribution is 2.35. The van der Waals surface area contributed by atoms with Crippen LogP contribution >= 0.6 is 11.6 Å². The molecule has 1 fully saturated rings. The predicted octanol–water partition coefficient (Wildman–Crippen LogP) is 6.07. The Labute approximate surface area is 256 Å². The Morgan fingerprint density at radius 3 is 2.50 bits per heavy atom. The summed E-state index contributed by atoms with van der Waals surface area (Å²) in [6.07, 6.45) is 6.86. The molecule has 6 rings (SSSR count). The third-order valence-electron chi connectivity index (χ3n) is 7.51. The van der Waals surface area contributed by atoms with Crippen molar-refractivity contribution in [1.29, 1.82) is 5.26 Å². The molecule has 1 aliphatic carbocycles. The van der Waals surface area contributed by atoms with Crippen LogP contribution in [0.2, 0.25) is 5.28 Å². The molecule has 3 aromatic heterocycles. The molecule has 0 saturated heterocycles. The summed E-state index contributed by atoms with van der Waals surface area (Å²) in [5.74, 6) is -1.14. The summed E-state index contributed by atoms with van der Waals surface area (Å²) in [5, 5.41) is 16.2. The molecule has 44 heavy (non-hydrogen) atoms. The summed E-state index contributed by atoms with van der Waals surface area (Å²) in [7, 11) is -4.26. The van der Waals surface area contributed by atoms with E-state index in [4.69, 9.17) is 11.6 Å². The minimum atomic E-state index is -4.26. The van der Waals surface area contributed by atoms with Gasteiger partial charge in [-0.05, 0) is 74.5 Å². The molecule has 2 aromatic carbocycles. The Balaban J connectivity index is 1.36. The van der Waals surface area contributed by atoms with Gasteiger partial charge in [-0.1, -0.05) is 17.7 Å². The number of benzene rings is 2. The van der Waals surface area contributed by atoms with Crippen molar-refractivity contribution in [2.45, 2.75) is 49.6 Å². The largest absolute Gasteiger partial charge is 0.367 e. The molecule has 10 nitrogen and oxygen atoms in total. The van der Waals surface area contributed by atoms with Gasteiger partial charge in [0, 0.05) is 35.4 Å². The second kappa shape index (κ2) is 11.8. The van der Waals surface area contributed by atoms with E-state index in [1.807, 2.05) is 13.0 Å². The Morgan fingerprint density at radius 1 is 1.02 bits per heavy atom. The van der Waals surface area contributed by atoms with E-state index in [1.165, 1.54) is 24.4 Å². The van der Waals surface area contributed by atoms with Gasteiger partial charge in [-0.3, -0.25) is 0 Å². The zero-order chi connectivity index (χ0) is 31.0. The van der Waals surface area contributed by atoms with Gasteiger partial charge in [-0.2, -0.15) is 5.26 Å². The molecule has 5 aromatic rings. The fourth-order valence-corrected chi connectivity index (χ4v) is 6.93. The smallest absolute Gasteiger partial charge is 0.268 e. The van der Waals surface area contributed by atoms with Gasteiger partial charge in [0.1, 0.15) is 17.2 Å². The maximum atomic E-state index is 15.4. The van der Waals surface area contributed by atoms with Gasteiger partial charge < -0.3 is 10.6 Å². The molecule has 1 aliphatic rings. The Morgan fingerprint density at radius 2 is 1.77 bits per heavy atom. The third kappa shape index (κ3) is 5.78. The normalized spacial score (nSPS) is 16.9. The first-order chi connectivity index (χ1) is 21.1. The Hall–Kier alpha value is -4.67. The summed E-state index contributed by atoms with van der Waals surface area (Å²) in [6.45, 7) is 1.82. The van der Waals surface area contributed by atoms with Crippen LogP contribution in [0.3, 0.4) is 0 Å². The second-order valence-corrected chi connectivity index (χ2v) is 12.7. The molecule has 14 heteroatoms. The lowest BCUT2D eigenvalue weighted by Gasteiger charge is -2.31. The molecule has 0 aliphatic heterocycles. The van der Waals surface area contributed by atoms with Crippen LogP contribution in [0.25, 0.3) is 22.3 Å². The molecule has 224 valence electrons. The van der Waals surface area contributed by atoms with Crippen LogP contribution in [0.5, 0.6) is 0 Å². The van der Waals surface area contributed by atoms with Crippen LogP contribution in [0, 0.1) is 29.9 Å². The molecule has 2 N–H and O–H groups in total. The van der Waals surface area contributed by atoms with Gasteiger partial charge in [0.05, 0.1) is 22.7 Å². The van der Waals surface area contributed by atoms with Gasteiger partial charge in [-0.25, -0.2) is 41.1 Å².